The van der Waals surface area contributed by atoms with Crippen LogP contribution in [0.5, 0.6) is 0 Å². The van der Waals surface area contributed by atoms with Crippen LogP contribution in [0.1, 0.15) is 66.2 Å². The molecule has 0 aromatic rings. The average molecular weight is 292 g/mol. The van der Waals surface area contributed by atoms with Crippen LogP contribution in [0, 0.1) is 23.7 Å². The van der Waals surface area contributed by atoms with E-state index in [1.165, 1.54) is 25.7 Å². The van der Waals surface area contributed by atoms with E-state index in [-0.39, 0.29) is 5.54 Å². The molecule has 2 aliphatic carbocycles. The lowest BCUT2D eigenvalue weighted by atomic mass is 9.84. The number of carbonyl (C=O) groups is 1. The number of hydrogen-bond donors (Lipinski definition) is 1. The van der Waals surface area contributed by atoms with Gasteiger partial charge in [0, 0.05) is 6.54 Å². The molecule has 0 radical (unpaired) electrons. The normalized spacial score (nSPS) is 28.8. The third-order valence-electron chi connectivity index (χ3n) is 6.15. The molecule has 1 aliphatic heterocycles. The molecule has 2 saturated carbocycles. The topological polar surface area (TPSA) is 32.3 Å². The average Bonchev–Trinajstić information content (AvgIpc) is 2.90. The van der Waals surface area contributed by atoms with E-state index in [1.807, 2.05) is 0 Å². The maximum atomic E-state index is 12.9. The molecule has 120 valence electrons. The van der Waals surface area contributed by atoms with Gasteiger partial charge in [-0.25, -0.2) is 0 Å². The highest BCUT2D eigenvalue weighted by atomic mass is 16.2. The molecule has 3 nitrogen and oxygen atoms in total. The molecule has 21 heavy (non-hydrogen) atoms. The zero-order valence-electron chi connectivity index (χ0n) is 14.2. The van der Waals surface area contributed by atoms with E-state index in [9.17, 15) is 4.79 Å². The van der Waals surface area contributed by atoms with Gasteiger partial charge in [0.1, 0.15) is 0 Å². The fraction of sp³-hybridized carbons (Fsp3) is 0.944. The van der Waals surface area contributed by atoms with Gasteiger partial charge in [-0.1, -0.05) is 40.5 Å². The van der Waals surface area contributed by atoms with Crippen LogP contribution in [-0.4, -0.2) is 29.1 Å². The van der Waals surface area contributed by atoms with Crippen LogP contribution >= 0.6 is 0 Å². The number of amides is 1. The van der Waals surface area contributed by atoms with Gasteiger partial charge in [-0.15, -0.1) is 0 Å². The number of nitrogens with zero attached hydrogens (tertiary/aromatic N) is 1. The molecule has 1 spiro atoms. The fourth-order valence-corrected chi connectivity index (χ4v) is 4.57. The smallest absolute Gasteiger partial charge is 0.244 e. The summed E-state index contributed by atoms with van der Waals surface area (Å²) in [5.74, 6) is 2.98. The Morgan fingerprint density at radius 1 is 1.14 bits per heavy atom. The summed E-state index contributed by atoms with van der Waals surface area (Å²) >= 11 is 0. The summed E-state index contributed by atoms with van der Waals surface area (Å²) in [5, 5.41) is 3.74. The summed E-state index contributed by atoms with van der Waals surface area (Å²) in [6, 6.07) is 0. The largest absolute Gasteiger partial charge is 0.325 e. The summed E-state index contributed by atoms with van der Waals surface area (Å²) in [7, 11) is 0. The van der Waals surface area contributed by atoms with Gasteiger partial charge >= 0.3 is 0 Å². The lowest BCUT2D eigenvalue weighted by Crippen LogP contribution is -2.46. The van der Waals surface area contributed by atoms with Gasteiger partial charge in [-0.3, -0.25) is 10.1 Å². The molecular formula is C18H32N2O. The first kappa shape index (κ1) is 15.3. The Hall–Kier alpha value is -0.570. The second-order valence-electron chi connectivity index (χ2n) is 8.33. The fourth-order valence-electron chi connectivity index (χ4n) is 4.57. The molecule has 1 N–H and O–H groups in total. The number of nitrogens with one attached hydrogen (secondary N) is 1. The Balaban J connectivity index is 1.77. The Bertz CT molecular complexity index is 386. The first-order chi connectivity index (χ1) is 9.94. The molecule has 3 fully saturated rings. The summed E-state index contributed by atoms with van der Waals surface area (Å²) < 4.78 is 0. The van der Waals surface area contributed by atoms with Gasteiger partial charge in [0.2, 0.25) is 5.91 Å². The zero-order valence-corrected chi connectivity index (χ0v) is 14.2. The molecule has 0 aromatic carbocycles. The second-order valence-corrected chi connectivity index (χ2v) is 8.33. The molecule has 0 aromatic heterocycles. The van der Waals surface area contributed by atoms with Crippen molar-refractivity contribution in [1.29, 1.82) is 0 Å². The SMILES string of the molecule is CC(C)C(CN1C(=O)C2(CC2)NC1C1CCCC1)C(C)C. The minimum atomic E-state index is -0.147. The molecule has 3 heteroatoms. The summed E-state index contributed by atoms with van der Waals surface area (Å²) in [6.07, 6.45) is 7.71. The molecule has 1 saturated heterocycles. The Morgan fingerprint density at radius 3 is 2.19 bits per heavy atom. The molecule has 1 atom stereocenters. The van der Waals surface area contributed by atoms with Gasteiger partial charge in [-0.05, 0) is 49.4 Å². The van der Waals surface area contributed by atoms with Crippen LogP contribution < -0.4 is 5.32 Å². The number of hydrogen-bond acceptors (Lipinski definition) is 2. The first-order valence-electron chi connectivity index (χ1n) is 9.03. The lowest BCUT2D eigenvalue weighted by Gasteiger charge is -2.35. The van der Waals surface area contributed by atoms with E-state index < -0.39 is 0 Å². The zero-order chi connectivity index (χ0) is 15.2. The lowest BCUT2D eigenvalue weighted by molar-refractivity contribution is -0.132. The van der Waals surface area contributed by atoms with Crippen molar-refractivity contribution in [3.05, 3.63) is 0 Å². The Morgan fingerprint density at radius 2 is 1.71 bits per heavy atom. The van der Waals surface area contributed by atoms with Gasteiger partial charge < -0.3 is 4.90 Å². The standard InChI is InChI=1S/C18H32N2O/c1-12(2)15(13(3)4)11-20-16(14-7-5-6-8-14)19-18(9-10-18)17(20)21/h12-16,19H,5-11H2,1-4H3. The van der Waals surface area contributed by atoms with Crippen molar-refractivity contribution in [1.82, 2.24) is 10.2 Å². The molecule has 3 rings (SSSR count). The van der Waals surface area contributed by atoms with Crippen molar-refractivity contribution in [2.45, 2.75) is 77.9 Å². The number of rotatable bonds is 5. The minimum Gasteiger partial charge on any atom is -0.325 e. The molecule has 3 aliphatic rings. The monoisotopic (exact) mass is 292 g/mol. The van der Waals surface area contributed by atoms with E-state index in [2.05, 4.69) is 37.9 Å². The molecular weight excluding hydrogens is 260 g/mol. The molecule has 0 bridgehead atoms. The van der Waals surface area contributed by atoms with E-state index >= 15 is 0 Å². The first-order valence-corrected chi connectivity index (χ1v) is 9.03. The highest BCUT2D eigenvalue weighted by molar-refractivity contribution is 5.91. The van der Waals surface area contributed by atoms with Crippen molar-refractivity contribution in [2.24, 2.45) is 23.7 Å². The van der Waals surface area contributed by atoms with Crippen molar-refractivity contribution < 1.29 is 4.79 Å². The van der Waals surface area contributed by atoms with Crippen LogP contribution in [0.2, 0.25) is 0 Å². The van der Waals surface area contributed by atoms with Crippen LogP contribution in [0.4, 0.5) is 0 Å². The summed E-state index contributed by atoms with van der Waals surface area (Å²) in [6.45, 7) is 10.2. The predicted molar refractivity (Wildman–Crippen MR) is 85.7 cm³/mol. The molecule has 1 heterocycles. The predicted octanol–water partition coefficient (Wildman–Crippen LogP) is 3.40. The maximum Gasteiger partial charge on any atom is 0.244 e. The van der Waals surface area contributed by atoms with E-state index in [1.54, 1.807) is 0 Å². The van der Waals surface area contributed by atoms with Crippen molar-refractivity contribution >= 4 is 5.91 Å². The van der Waals surface area contributed by atoms with Crippen LogP contribution in [-0.2, 0) is 4.79 Å². The highest BCUT2D eigenvalue weighted by Gasteiger charge is 2.60. The minimum absolute atomic E-state index is 0.147. The van der Waals surface area contributed by atoms with Crippen LogP contribution in [0.15, 0.2) is 0 Å². The van der Waals surface area contributed by atoms with Crippen molar-refractivity contribution in [3.63, 3.8) is 0 Å². The third-order valence-corrected chi connectivity index (χ3v) is 6.15. The van der Waals surface area contributed by atoms with Gasteiger partial charge in [0.15, 0.2) is 0 Å². The van der Waals surface area contributed by atoms with E-state index in [0.29, 0.717) is 35.7 Å². The third kappa shape index (κ3) is 2.74. The highest BCUT2D eigenvalue weighted by Crippen LogP contribution is 2.46. The van der Waals surface area contributed by atoms with E-state index in [4.69, 9.17) is 0 Å². The summed E-state index contributed by atoms with van der Waals surface area (Å²) in [5.41, 5.74) is -0.147. The van der Waals surface area contributed by atoms with Crippen molar-refractivity contribution in [2.75, 3.05) is 6.54 Å². The van der Waals surface area contributed by atoms with Crippen LogP contribution in [0.25, 0.3) is 0 Å². The van der Waals surface area contributed by atoms with E-state index in [0.717, 1.165) is 19.4 Å². The van der Waals surface area contributed by atoms with Gasteiger partial charge in [0.05, 0.1) is 11.7 Å². The Labute approximate surface area is 129 Å². The second kappa shape index (κ2) is 5.57. The maximum absolute atomic E-state index is 12.9. The van der Waals surface area contributed by atoms with Gasteiger partial charge in [0.25, 0.3) is 0 Å². The van der Waals surface area contributed by atoms with Gasteiger partial charge in [-0.2, -0.15) is 0 Å². The number of carbonyl (C=O) groups excluding carboxylic acids is 1. The van der Waals surface area contributed by atoms with Crippen molar-refractivity contribution in [3.8, 4) is 0 Å². The Kier molecular flexibility index (Phi) is 4.06. The molecule has 1 unspecified atom stereocenters. The summed E-state index contributed by atoms with van der Waals surface area (Å²) in [4.78, 5) is 15.1. The van der Waals surface area contributed by atoms with Crippen LogP contribution in [0.3, 0.4) is 0 Å². The quantitative estimate of drug-likeness (QED) is 0.842. The molecule has 1 amide bonds.